The molecule has 0 bridgehead atoms. The van der Waals surface area contributed by atoms with Gasteiger partial charge in [0.05, 0.1) is 42.5 Å². The van der Waals surface area contributed by atoms with Crippen molar-refractivity contribution in [2.24, 2.45) is 17.8 Å². The highest BCUT2D eigenvalue weighted by Gasteiger charge is 2.56. The van der Waals surface area contributed by atoms with E-state index in [0.717, 1.165) is 24.8 Å². The third kappa shape index (κ3) is 7.14. The first kappa shape index (κ1) is 26.0. The van der Waals surface area contributed by atoms with Crippen LogP contribution >= 0.6 is 0 Å². The molecule has 0 aliphatic carbocycles. The maximum Gasteiger partial charge on any atom is 0.305 e. The lowest BCUT2D eigenvalue weighted by Crippen LogP contribution is -2.36. The summed E-state index contributed by atoms with van der Waals surface area (Å²) in [5.74, 6) is 0.0402. The number of carboxylic acid groups (broad SMARTS) is 1. The van der Waals surface area contributed by atoms with E-state index in [1.807, 2.05) is 0 Å². The first-order valence-electron chi connectivity index (χ1n) is 11.6. The number of aliphatic carboxylic acids is 1. The Morgan fingerprint density at radius 1 is 1.29 bits per heavy atom. The lowest BCUT2D eigenvalue weighted by Gasteiger charge is -2.35. The van der Waals surface area contributed by atoms with Gasteiger partial charge in [0.15, 0.2) is 0 Å². The summed E-state index contributed by atoms with van der Waals surface area (Å²) in [5.41, 5.74) is 0.935. The first-order chi connectivity index (χ1) is 14.5. The SMILES string of the molecule is CO[C@H]([C@@H](C)[C@H]1O[C@]1(C)CC(C)/C=C/C=C(\C)[C@H]1O[C@@H](CC(=O)O)CC[C@@H]1C)[C@@H](C)O. The Kier molecular flexibility index (Phi) is 9.31. The van der Waals surface area contributed by atoms with Crippen LogP contribution in [-0.2, 0) is 19.0 Å². The van der Waals surface area contributed by atoms with Crippen LogP contribution in [0.1, 0.15) is 67.2 Å². The Bertz CT molecular complexity index is 656. The van der Waals surface area contributed by atoms with Gasteiger partial charge in [-0.1, -0.05) is 39.0 Å². The average molecular weight is 439 g/mol. The molecule has 0 amide bonds. The van der Waals surface area contributed by atoms with E-state index in [1.54, 1.807) is 14.0 Å². The number of epoxide rings is 1. The van der Waals surface area contributed by atoms with Crippen molar-refractivity contribution in [3.8, 4) is 0 Å². The van der Waals surface area contributed by atoms with E-state index in [4.69, 9.17) is 19.3 Å². The molecule has 2 fully saturated rings. The van der Waals surface area contributed by atoms with Crippen LogP contribution in [0.2, 0.25) is 0 Å². The fourth-order valence-corrected chi connectivity index (χ4v) is 5.22. The number of methoxy groups -OCH3 is 1. The molecule has 6 nitrogen and oxygen atoms in total. The highest BCUT2D eigenvalue weighted by Crippen LogP contribution is 2.47. The maximum absolute atomic E-state index is 11.0. The number of hydrogen-bond acceptors (Lipinski definition) is 5. The molecule has 178 valence electrons. The summed E-state index contributed by atoms with van der Waals surface area (Å²) in [6.07, 6.45) is 8.21. The van der Waals surface area contributed by atoms with E-state index in [2.05, 4.69) is 52.8 Å². The predicted octanol–water partition coefficient (Wildman–Crippen LogP) is 4.36. The van der Waals surface area contributed by atoms with Crippen LogP contribution in [0.5, 0.6) is 0 Å². The molecular formula is C25H42O6. The van der Waals surface area contributed by atoms with Crippen LogP contribution in [-0.4, -0.2) is 59.4 Å². The number of carboxylic acids is 1. The number of ether oxygens (including phenoxy) is 3. The smallest absolute Gasteiger partial charge is 0.305 e. The van der Waals surface area contributed by atoms with Gasteiger partial charge in [-0.25, -0.2) is 0 Å². The molecule has 1 unspecified atom stereocenters. The molecule has 2 heterocycles. The number of aliphatic hydroxyl groups excluding tert-OH is 1. The lowest BCUT2D eigenvalue weighted by atomic mass is 9.85. The second-order valence-corrected chi connectivity index (χ2v) is 9.96. The lowest BCUT2D eigenvalue weighted by molar-refractivity contribution is -0.143. The standard InChI is InChI=1S/C25H42O6/c1-15(14-25(6)24(31-25)18(4)23(29-7)19(5)26)9-8-10-16(2)22-17(3)11-12-20(30-22)13-21(27)28/h8-10,15,17-20,22-24,26H,11-14H2,1-7H3,(H,27,28)/b9-8+,16-10+/t15?,17-,18+,19+,20+,22+,23+,24+,25+/m0/s1. The van der Waals surface area contributed by atoms with Gasteiger partial charge in [0, 0.05) is 13.0 Å². The van der Waals surface area contributed by atoms with E-state index < -0.39 is 12.1 Å². The number of rotatable bonds is 11. The van der Waals surface area contributed by atoms with Crippen LogP contribution < -0.4 is 0 Å². The van der Waals surface area contributed by atoms with E-state index >= 15 is 0 Å². The zero-order chi connectivity index (χ0) is 23.3. The van der Waals surface area contributed by atoms with Gasteiger partial charge in [0.2, 0.25) is 0 Å². The summed E-state index contributed by atoms with van der Waals surface area (Å²) < 4.78 is 17.6. The number of carbonyl (C=O) groups is 1. The van der Waals surface area contributed by atoms with Crippen molar-refractivity contribution in [3.63, 3.8) is 0 Å². The van der Waals surface area contributed by atoms with Gasteiger partial charge in [0.1, 0.15) is 0 Å². The van der Waals surface area contributed by atoms with Crippen LogP contribution in [0, 0.1) is 17.8 Å². The van der Waals surface area contributed by atoms with Crippen molar-refractivity contribution in [2.45, 2.75) is 103 Å². The van der Waals surface area contributed by atoms with Crippen LogP contribution in [0.3, 0.4) is 0 Å². The van der Waals surface area contributed by atoms with Crippen molar-refractivity contribution in [2.75, 3.05) is 7.11 Å². The largest absolute Gasteiger partial charge is 0.481 e. The molecule has 2 N–H and O–H groups in total. The van der Waals surface area contributed by atoms with Crippen molar-refractivity contribution in [1.29, 1.82) is 0 Å². The molecule has 9 atom stereocenters. The van der Waals surface area contributed by atoms with Crippen LogP contribution in [0.4, 0.5) is 0 Å². The maximum atomic E-state index is 11.0. The predicted molar refractivity (Wildman–Crippen MR) is 121 cm³/mol. The van der Waals surface area contributed by atoms with Crippen LogP contribution in [0.25, 0.3) is 0 Å². The van der Waals surface area contributed by atoms with Gasteiger partial charge in [-0.15, -0.1) is 0 Å². The summed E-state index contributed by atoms with van der Waals surface area (Å²) in [6, 6.07) is 0. The van der Waals surface area contributed by atoms with Crippen LogP contribution in [0.15, 0.2) is 23.8 Å². The fraction of sp³-hybridized carbons (Fsp3) is 0.800. The third-order valence-electron chi connectivity index (χ3n) is 6.86. The van der Waals surface area contributed by atoms with Gasteiger partial charge in [-0.3, -0.25) is 4.79 Å². The Morgan fingerprint density at radius 2 is 1.97 bits per heavy atom. The Hall–Kier alpha value is -1.21. The van der Waals surface area contributed by atoms with Gasteiger partial charge < -0.3 is 24.4 Å². The second kappa shape index (κ2) is 11.1. The normalized spacial score (nSPS) is 35.5. The zero-order valence-electron chi connectivity index (χ0n) is 20.2. The average Bonchev–Trinajstić information content (AvgIpc) is 3.33. The quantitative estimate of drug-likeness (QED) is 0.368. The topological polar surface area (TPSA) is 88.5 Å². The highest BCUT2D eigenvalue weighted by atomic mass is 16.6. The van der Waals surface area contributed by atoms with E-state index in [0.29, 0.717) is 11.8 Å². The summed E-state index contributed by atoms with van der Waals surface area (Å²) in [6.45, 7) is 12.4. The summed E-state index contributed by atoms with van der Waals surface area (Å²) >= 11 is 0. The molecule has 0 saturated carbocycles. The summed E-state index contributed by atoms with van der Waals surface area (Å²) in [7, 11) is 1.63. The molecule has 0 aromatic heterocycles. The minimum absolute atomic E-state index is 0.0287. The minimum Gasteiger partial charge on any atom is -0.481 e. The molecule has 6 heteroatoms. The Balaban J connectivity index is 1.89. The number of aliphatic hydroxyl groups is 1. The summed E-state index contributed by atoms with van der Waals surface area (Å²) in [5, 5.41) is 19.0. The van der Waals surface area contributed by atoms with E-state index in [1.165, 1.54) is 0 Å². The molecule has 0 aromatic carbocycles. The van der Waals surface area contributed by atoms with Gasteiger partial charge >= 0.3 is 5.97 Å². The van der Waals surface area contributed by atoms with Crippen molar-refractivity contribution < 1.29 is 29.2 Å². The molecule has 2 rings (SSSR count). The zero-order valence-corrected chi connectivity index (χ0v) is 20.2. The second-order valence-electron chi connectivity index (χ2n) is 9.96. The molecule has 31 heavy (non-hydrogen) atoms. The third-order valence-corrected chi connectivity index (χ3v) is 6.86. The first-order valence-corrected chi connectivity index (χ1v) is 11.6. The molecule has 2 aliphatic rings. The molecule has 0 radical (unpaired) electrons. The van der Waals surface area contributed by atoms with E-state index in [9.17, 15) is 9.90 Å². The fourth-order valence-electron chi connectivity index (χ4n) is 5.22. The number of hydrogen-bond donors (Lipinski definition) is 2. The van der Waals surface area contributed by atoms with Crippen molar-refractivity contribution in [3.05, 3.63) is 23.8 Å². The Morgan fingerprint density at radius 3 is 2.55 bits per heavy atom. The van der Waals surface area contributed by atoms with E-state index in [-0.39, 0.29) is 42.4 Å². The molecule has 0 aromatic rings. The molecule has 0 spiro atoms. The van der Waals surface area contributed by atoms with Gasteiger partial charge in [-0.2, -0.15) is 0 Å². The Labute approximate surface area is 187 Å². The molecule has 2 saturated heterocycles. The highest BCUT2D eigenvalue weighted by molar-refractivity contribution is 5.67. The minimum atomic E-state index is -0.803. The van der Waals surface area contributed by atoms with Gasteiger partial charge in [0.25, 0.3) is 0 Å². The van der Waals surface area contributed by atoms with Gasteiger partial charge in [-0.05, 0) is 57.4 Å². The molecule has 2 aliphatic heterocycles. The monoisotopic (exact) mass is 438 g/mol. The molecular weight excluding hydrogens is 396 g/mol. The summed E-state index contributed by atoms with van der Waals surface area (Å²) in [4.78, 5) is 11.0. The van der Waals surface area contributed by atoms with Crippen molar-refractivity contribution >= 4 is 5.97 Å². The van der Waals surface area contributed by atoms with Crippen molar-refractivity contribution in [1.82, 2.24) is 0 Å². The number of allylic oxidation sites excluding steroid dienone is 3.